The molecule has 0 aliphatic heterocycles. The third kappa shape index (κ3) is 9.22. The Balaban J connectivity index is 0.000000256. The molecule has 0 atom stereocenters. The van der Waals surface area contributed by atoms with Gasteiger partial charge in [-0.2, -0.15) is 0 Å². The fourth-order valence-electron chi connectivity index (χ4n) is 4.34. The van der Waals surface area contributed by atoms with Crippen molar-refractivity contribution < 1.29 is 19.4 Å². The van der Waals surface area contributed by atoms with Crippen molar-refractivity contribution in [2.75, 3.05) is 27.7 Å². The SMILES string of the molecule is CN(C)C1(c2cccs2)CCC(N)CC1.COc1ccc(Br)cc1CCNC(=O)CCCC(=O)O. The molecular weight excluding hydrogens is 530 g/mol. The molecule has 1 fully saturated rings. The maximum Gasteiger partial charge on any atom is 0.303 e. The summed E-state index contributed by atoms with van der Waals surface area (Å²) < 4.78 is 6.21. The van der Waals surface area contributed by atoms with Crippen molar-refractivity contribution in [3.63, 3.8) is 0 Å². The highest BCUT2D eigenvalue weighted by Crippen LogP contribution is 2.42. The molecule has 9 heteroatoms. The van der Waals surface area contributed by atoms with Gasteiger partial charge in [0.1, 0.15) is 5.75 Å². The van der Waals surface area contributed by atoms with Crippen molar-refractivity contribution in [2.24, 2.45) is 5.73 Å². The van der Waals surface area contributed by atoms with Crippen LogP contribution in [0, 0.1) is 0 Å². The first-order chi connectivity index (χ1) is 16.7. The molecule has 0 radical (unpaired) electrons. The van der Waals surface area contributed by atoms with E-state index in [1.54, 1.807) is 7.11 Å². The molecule has 1 heterocycles. The lowest BCUT2D eigenvalue weighted by Gasteiger charge is -2.44. The molecule has 1 aliphatic rings. The first-order valence-corrected chi connectivity index (χ1v) is 13.6. The van der Waals surface area contributed by atoms with Gasteiger partial charge in [-0.25, -0.2) is 0 Å². The van der Waals surface area contributed by atoms with Crippen molar-refractivity contribution in [1.29, 1.82) is 0 Å². The Hall–Kier alpha value is -1.94. The molecule has 4 N–H and O–H groups in total. The number of carboxylic acids is 1. The van der Waals surface area contributed by atoms with E-state index in [0.717, 1.165) is 28.6 Å². The average molecular weight is 569 g/mol. The van der Waals surface area contributed by atoms with E-state index >= 15 is 0 Å². The molecule has 35 heavy (non-hydrogen) atoms. The molecule has 0 spiro atoms. The Labute approximate surface area is 221 Å². The minimum atomic E-state index is -0.878. The normalized spacial score (nSPS) is 19.5. The van der Waals surface area contributed by atoms with Gasteiger partial charge in [-0.15, -0.1) is 11.3 Å². The first-order valence-electron chi connectivity index (χ1n) is 12.0. The number of thiophene rings is 1. The molecule has 0 saturated heterocycles. The summed E-state index contributed by atoms with van der Waals surface area (Å²) in [7, 11) is 5.99. The van der Waals surface area contributed by atoms with Crippen molar-refractivity contribution >= 4 is 39.1 Å². The van der Waals surface area contributed by atoms with Crippen molar-refractivity contribution in [3.8, 4) is 5.75 Å². The molecule has 0 bridgehead atoms. The van der Waals surface area contributed by atoms with E-state index in [9.17, 15) is 9.59 Å². The van der Waals surface area contributed by atoms with E-state index in [2.05, 4.69) is 57.8 Å². The number of nitrogens with zero attached hydrogens (tertiary/aromatic N) is 1. The highest BCUT2D eigenvalue weighted by Gasteiger charge is 2.38. The minimum Gasteiger partial charge on any atom is -0.496 e. The second-order valence-corrected chi connectivity index (χ2v) is 10.9. The van der Waals surface area contributed by atoms with Gasteiger partial charge in [0.2, 0.25) is 5.91 Å². The molecule has 7 nitrogen and oxygen atoms in total. The number of carbonyl (C=O) groups excluding carboxylic acids is 1. The predicted octanol–water partition coefficient (Wildman–Crippen LogP) is 4.78. The van der Waals surface area contributed by atoms with E-state index < -0.39 is 5.97 Å². The molecule has 1 amide bonds. The largest absolute Gasteiger partial charge is 0.496 e. The van der Waals surface area contributed by atoms with Crippen molar-refractivity contribution in [3.05, 3.63) is 50.6 Å². The van der Waals surface area contributed by atoms with Gasteiger partial charge in [-0.1, -0.05) is 22.0 Å². The fraction of sp³-hybridized carbons (Fsp3) is 0.538. The maximum absolute atomic E-state index is 11.5. The second-order valence-electron chi connectivity index (χ2n) is 9.04. The van der Waals surface area contributed by atoms with E-state index in [1.807, 2.05) is 29.5 Å². The number of methoxy groups -OCH3 is 1. The molecule has 0 unspecified atom stereocenters. The molecule has 1 saturated carbocycles. The Bertz CT molecular complexity index is 929. The monoisotopic (exact) mass is 567 g/mol. The lowest BCUT2D eigenvalue weighted by Crippen LogP contribution is -2.46. The van der Waals surface area contributed by atoms with Gasteiger partial charge in [0.15, 0.2) is 0 Å². The van der Waals surface area contributed by atoms with Gasteiger partial charge in [-0.05, 0) is 87.8 Å². The topological polar surface area (TPSA) is 105 Å². The van der Waals surface area contributed by atoms with Gasteiger partial charge in [-0.3, -0.25) is 14.5 Å². The standard InChI is InChI=1S/C14H18BrNO4.C12H20N2S/c1-20-12-6-5-11(15)9-10(12)7-8-16-13(17)3-2-4-14(18)19;1-14(2)12(11-4-3-9-15-11)7-5-10(13)6-8-12/h5-6,9H,2-4,7-8H2,1H3,(H,16,17)(H,18,19);3-4,9-10H,5-8,13H2,1-2H3. The summed E-state index contributed by atoms with van der Waals surface area (Å²) in [5.74, 6) is -0.217. The molecule has 194 valence electrons. The zero-order chi connectivity index (χ0) is 25.8. The number of nitrogens with two attached hydrogens (primary N) is 1. The van der Waals surface area contributed by atoms with Crippen LogP contribution < -0.4 is 15.8 Å². The molecule has 2 aromatic rings. The summed E-state index contributed by atoms with van der Waals surface area (Å²) in [5.41, 5.74) is 7.26. The summed E-state index contributed by atoms with van der Waals surface area (Å²) in [5, 5.41) is 13.4. The zero-order valence-electron chi connectivity index (χ0n) is 20.9. The number of halogens is 1. The number of benzene rings is 1. The predicted molar refractivity (Wildman–Crippen MR) is 145 cm³/mol. The summed E-state index contributed by atoms with van der Waals surface area (Å²) in [6.07, 6.45) is 5.97. The first kappa shape index (κ1) is 29.3. The second kappa shape index (κ2) is 14.6. The highest BCUT2D eigenvalue weighted by molar-refractivity contribution is 9.10. The van der Waals surface area contributed by atoms with Crippen LogP contribution in [-0.4, -0.2) is 55.7 Å². The Morgan fingerprint density at radius 1 is 1.26 bits per heavy atom. The third-order valence-electron chi connectivity index (χ3n) is 6.45. The highest BCUT2D eigenvalue weighted by atomic mass is 79.9. The zero-order valence-corrected chi connectivity index (χ0v) is 23.3. The van der Waals surface area contributed by atoms with Crippen LogP contribution in [0.15, 0.2) is 40.2 Å². The summed E-state index contributed by atoms with van der Waals surface area (Å²) in [6.45, 7) is 0.499. The number of hydrogen-bond acceptors (Lipinski definition) is 6. The van der Waals surface area contributed by atoms with Crippen LogP contribution in [0.25, 0.3) is 0 Å². The van der Waals surface area contributed by atoms with Gasteiger partial charge in [0.05, 0.1) is 12.6 Å². The fourth-order valence-corrected chi connectivity index (χ4v) is 5.82. The Morgan fingerprint density at radius 3 is 2.54 bits per heavy atom. The van der Waals surface area contributed by atoms with Gasteiger partial charge in [0, 0.05) is 34.8 Å². The number of ether oxygens (including phenoxy) is 1. The van der Waals surface area contributed by atoms with Crippen molar-refractivity contribution in [2.45, 2.75) is 62.9 Å². The summed E-state index contributed by atoms with van der Waals surface area (Å²) >= 11 is 5.27. The van der Waals surface area contributed by atoms with Gasteiger partial charge in [0.25, 0.3) is 0 Å². The Kier molecular flexibility index (Phi) is 12.2. The molecule has 3 rings (SSSR count). The molecule has 1 aliphatic carbocycles. The lowest BCUT2D eigenvalue weighted by atomic mass is 9.78. The quantitative estimate of drug-likeness (QED) is 0.381. The van der Waals surface area contributed by atoms with Crippen LogP contribution in [0.2, 0.25) is 0 Å². The summed E-state index contributed by atoms with van der Waals surface area (Å²) in [4.78, 5) is 25.7. The number of nitrogens with one attached hydrogen (secondary N) is 1. The van der Waals surface area contributed by atoms with E-state index in [4.69, 9.17) is 15.6 Å². The minimum absolute atomic E-state index is 0.0207. The van der Waals surface area contributed by atoms with Crippen LogP contribution in [0.1, 0.15) is 55.4 Å². The summed E-state index contributed by atoms with van der Waals surface area (Å²) in [6, 6.07) is 10.6. The molecule has 1 aromatic carbocycles. The molecule has 1 aromatic heterocycles. The number of rotatable bonds is 10. The van der Waals surface area contributed by atoms with Gasteiger partial charge < -0.3 is 20.9 Å². The molecular formula is C26H38BrN3O4S. The van der Waals surface area contributed by atoms with E-state index in [-0.39, 0.29) is 24.3 Å². The van der Waals surface area contributed by atoms with Crippen molar-refractivity contribution in [1.82, 2.24) is 10.2 Å². The average Bonchev–Trinajstić information content (AvgIpc) is 3.35. The van der Waals surface area contributed by atoms with E-state index in [0.29, 0.717) is 25.4 Å². The number of carboxylic acid groups (broad SMARTS) is 1. The number of amides is 1. The maximum atomic E-state index is 11.5. The number of aliphatic carboxylic acids is 1. The van der Waals surface area contributed by atoms with Crippen LogP contribution in [0.3, 0.4) is 0 Å². The van der Waals surface area contributed by atoms with Crippen LogP contribution in [0.5, 0.6) is 5.75 Å². The van der Waals surface area contributed by atoms with Crippen LogP contribution in [-0.2, 0) is 21.5 Å². The Morgan fingerprint density at radius 2 is 1.97 bits per heavy atom. The smallest absolute Gasteiger partial charge is 0.303 e. The van der Waals surface area contributed by atoms with Crippen LogP contribution >= 0.6 is 27.3 Å². The third-order valence-corrected chi connectivity index (χ3v) is 8.00. The lowest BCUT2D eigenvalue weighted by molar-refractivity contribution is -0.137. The van der Waals surface area contributed by atoms with Crippen LogP contribution in [0.4, 0.5) is 0 Å². The van der Waals surface area contributed by atoms with E-state index in [1.165, 1.54) is 17.7 Å². The number of carbonyl (C=O) groups is 2. The number of hydrogen-bond donors (Lipinski definition) is 3. The van der Waals surface area contributed by atoms with Gasteiger partial charge >= 0.3 is 5.97 Å².